The number of hydrogen-bond acceptors (Lipinski definition) is 4. The number of ether oxygens (including phenoxy) is 2. The van der Waals surface area contributed by atoms with Crippen molar-refractivity contribution in [1.29, 1.82) is 0 Å². The highest BCUT2D eigenvalue weighted by molar-refractivity contribution is 7.99. The quantitative estimate of drug-likeness (QED) is 0.869. The van der Waals surface area contributed by atoms with Crippen LogP contribution >= 0.6 is 11.8 Å². The number of hydrogen-bond donors (Lipinski definition) is 1. The number of thioether (sulfide) groups is 1. The SMILES string of the molecule is NC(CSc1cccc(F)c1)C1CCOC2(CCOC2)C1. The van der Waals surface area contributed by atoms with Crippen molar-refractivity contribution < 1.29 is 13.9 Å². The molecule has 3 atom stereocenters. The van der Waals surface area contributed by atoms with E-state index < -0.39 is 0 Å². The Morgan fingerprint density at radius 2 is 2.33 bits per heavy atom. The van der Waals surface area contributed by atoms with Gasteiger partial charge in [0, 0.05) is 36.3 Å². The Morgan fingerprint density at radius 1 is 1.43 bits per heavy atom. The number of halogens is 1. The Labute approximate surface area is 129 Å². The van der Waals surface area contributed by atoms with E-state index in [1.165, 1.54) is 6.07 Å². The van der Waals surface area contributed by atoms with Gasteiger partial charge < -0.3 is 15.2 Å². The maximum Gasteiger partial charge on any atom is 0.124 e. The smallest absolute Gasteiger partial charge is 0.124 e. The summed E-state index contributed by atoms with van der Waals surface area (Å²) in [5, 5.41) is 0. The molecule has 2 heterocycles. The van der Waals surface area contributed by atoms with E-state index in [4.69, 9.17) is 15.2 Å². The van der Waals surface area contributed by atoms with Crippen LogP contribution in [-0.2, 0) is 9.47 Å². The molecule has 2 aliphatic rings. The maximum absolute atomic E-state index is 13.2. The molecular formula is C16H22FNO2S. The second-order valence-electron chi connectivity index (χ2n) is 6.02. The molecule has 3 nitrogen and oxygen atoms in total. The van der Waals surface area contributed by atoms with Crippen LogP contribution in [0.4, 0.5) is 4.39 Å². The lowest BCUT2D eigenvalue weighted by atomic mass is 9.82. The highest BCUT2D eigenvalue weighted by atomic mass is 32.2. The molecule has 0 radical (unpaired) electrons. The molecule has 0 aliphatic carbocycles. The topological polar surface area (TPSA) is 44.5 Å². The third-order valence-electron chi connectivity index (χ3n) is 4.44. The van der Waals surface area contributed by atoms with Gasteiger partial charge in [-0.1, -0.05) is 6.07 Å². The van der Waals surface area contributed by atoms with E-state index in [-0.39, 0.29) is 17.5 Å². The van der Waals surface area contributed by atoms with Crippen molar-refractivity contribution in [1.82, 2.24) is 0 Å². The van der Waals surface area contributed by atoms with Crippen LogP contribution in [0.15, 0.2) is 29.2 Å². The van der Waals surface area contributed by atoms with E-state index in [1.807, 2.05) is 6.07 Å². The zero-order chi connectivity index (χ0) is 14.7. The van der Waals surface area contributed by atoms with E-state index in [0.717, 1.165) is 43.1 Å². The third kappa shape index (κ3) is 3.77. The van der Waals surface area contributed by atoms with E-state index in [2.05, 4.69) is 0 Å². The molecule has 1 spiro atoms. The van der Waals surface area contributed by atoms with Crippen LogP contribution in [-0.4, -0.2) is 37.2 Å². The largest absolute Gasteiger partial charge is 0.378 e. The van der Waals surface area contributed by atoms with Crippen LogP contribution in [0, 0.1) is 11.7 Å². The summed E-state index contributed by atoms with van der Waals surface area (Å²) in [7, 11) is 0. The van der Waals surface area contributed by atoms with Gasteiger partial charge in [0.1, 0.15) is 5.82 Å². The molecule has 0 bridgehead atoms. The van der Waals surface area contributed by atoms with Gasteiger partial charge in [-0.05, 0) is 37.0 Å². The van der Waals surface area contributed by atoms with Crippen molar-refractivity contribution in [2.24, 2.45) is 11.7 Å². The van der Waals surface area contributed by atoms with Gasteiger partial charge in [-0.15, -0.1) is 11.8 Å². The van der Waals surface area contributed by atoms with Crippen molar-refractivity contribution >= 4 is 11.8 Å². The lowest BCUT2D eigenvalue weighted by Gasteiger charge is -2.39. The molecule has 0 saturated carbocycles. The highest BCUT2D eigenvalue weighted by Crippen LogP contribution is 2.37. The summed E-state index contributed by atoms with van der Waals surface area (Å²) >= 11 is 1.63. The summed E-state index contributed by atoms with van der Waals surface area (Å²) in [6.45, 7) is 2.26. The first-order valence-electron chi connectivity index (χ1n) is 7.53. The first-order chi connectivity index (χ1) is 10.2. The third-order valence-corrected chi connectivity index (χ3v) is 5.58. The molecule has 2 fully saturated rings. The van der Waals surface area contributed by atoms with Crippen LogP contribution in [0.5, 0.6) is 0 Å². The molecular weight excluding hydrogens is 289 g/mol. The van der Waals surface area contributed by atoms with Gasteiger partial charge in [-0.2, -0.15) is 0 Å². The standard InChI is InChI=1S/C16H22FNO2S/c17-13-2-1-3-14(8-13)21-10-15(18)12-4-6-20-16(9-12)5-7-19-11-16/h1-3,8,12,15H,4-7,9-11,18H2. The summed E-state index contributed by atoms with van der Waals surface area (Å²) in [6.07, 6.45) is 2.97. The lowest BCUT2D eigenvalue weighted by molar-refractivity contribution is -0.100. The molecule has 1 aromatic rings. The monoisotopic (exact) mass is 311 g/mol. The Morgan fingerprint density at radius 3 is 3.10 bits per heavy atom. The van der Waals surface area contributed by atoms with E-state index in [1.54, 1.807) is 23.9 Å². The Kier molecular flexibility index (Phi) is 4.84. The average Bonchev–Trinajstić information content (AvgIpc) is 2.93. The summed E-state index contributed by atoms with van der Waals surface area (Å²) < 4.78 is 24.6. The van der Waals surface area contributed by atoms with Crippen LogP contribution < -0.4 is 5.73 Å². The molecule has 2 saturated heterocycles. The first-order valence-corrected chi connectivity index (χ1v) is 8.51. The van der Waals surface area contributed by atoms with E-state index in [9.17, 15) is 4.39 Å². The molecule has 0 amide bonds. The van der Waals surface area contributed by atoms with Crippen molar-refractivity contribution in [3.63, 3.8) is 0 Å². The van der Waals surface area contributed by atoms with Crippen molar-refractivity contribution in [3.8, 4) is 0 Å². The molecule has 3 unspecified atom stereocenters. The van der Waals surface area contributed by atoms with Gasteiger partial charge in [0.2, 0.25) is 0 Å². The number of nitrogens with two attached hydrogens (primary N) is 1. The summed E-state index contributed by atoms with van der Waals surface area (Å²) in [4.78, 5) is 0.941. The lowest BCUT2D eigenvalue weighted by Crippen LogP contribution is -2.46. The molecule has 3 rings (SSSR count). The number of benzene rings is 1. The molecule has 2 N–H and O–H groups in total. The molecule has 5 heteroatoms. The van der Waals surface area contributed by atoms with Gasteiger partial charge in [0.25, 0.3) is 0 Å². The average molecular weight is 311 g/mol. The first kappa shape index (κ1) is 15.3. The van der Waals surface area contributed by atoms with Crippen LogP contribution in [0.2, 0.25) is 0 Å². The van der Waals surface area contributed by atoms with Crippen LogP contribution in [0.3, 0.4) is 0 Å². The minimum atomic E-state index is -0.193. The fourth-order valence-corrected chi connectivity index (χ4v) is 4.21. The van der Waals surface area contributed by atoms with Crippen LogP contribution in [0.25, 0.3) is 0 Å². The molecule has 21 heavy (non-hydrogen) atoms. The Hall–Kier alpha value is -0.620. The normalized spacial score (nSPS) is 30.7. The maximum atomic E-state index is 13.2. The second-order valence-corrected chi connectivity index (χ2v) is 7.11. The zero-order valence-corrected chi connectivity index (χ0v) is 12.9. The molecule has 2 aliphatic heterocycles. The summed E-state index contributed by atoms with van der Waals surface area (Å²) in [5.74, 6) is 1.08. The minimum Gasteiger partial charge on any atom is -0.378 e. The predicted molar refractivity (Wildman–Crippen MR) is 81.9 cm³/mol. The fraction of sp³-hybridized carbons (Fsp3) is 0.625. The van der Waals surface area contributed by atoms with E-state index >= 15 is 0 Å². The predicted octanol–water partition coefficient (Wildman–Crippen LogP) is 2.83. The highest BCUT2D eigenvalue weighted by Gasteiger charge is 2.42. The zero-order valence-electron chi connectivity index (χ0n) is 12.1. The fourth-order valence-electron chi connectivity index (χ4n) is 3.18. The van der Waals surface area contributed by atoms with Gasteiger partial charge >= 0.3 is 0 Å². The Balaban J connectivity index is 1.54. The summed E-state index contributed by atoms with van der Waals surface area (Å²) in [6, 6.07) is 6.80. The molecule has 0 aromatic heterocycles. The van der Waals surface area contributed by atoms with Gasteiger partial charge in [-0.3, -0.25) is 0 Å². The van der Waals surface area contributed by atoms with Crippen molar-refractivity contribution in [2.45, 2.75) is 35.8 Å². The van der Waals surface area contributed by atoms with Crippen molar-refractivity contribution in [2.75, 3.05) is 25.6 Å². The van der Waals surface area contributed by atoms with E-state index in [0.29, 0.717) is 12.5 Å². The van der Waals surface area contributed by atoms with Gasteiger partial charge in [0.15, 0.2) is 0 Å². The second kappa shape index (κ2) is 6.65. The van der Waals surface area contributed by atoms with Gasteiger partial charge in [0.05, 0.1) is 12.2 Å². The summed E-state index contributed by atoms with van der Waals surface area (Å²) in [5.41, 5.74) is 6.28. The van der Waals surface area contributed by atoms with Crippen LogP contribution in [0.1, 0.15) is 19.3 Å². The van der Waals surface area contributed by atoms with Crippen molar-refractivity contribution in [3.05, 3.63) is 30.1 Å². The molecule has 1 aromatic carbocycles. The minimum absolute atomic E-state index is 0.0932. The molecule has 116 valence electrons. The number of rotatable bonds is 4. The Bertz CT molecular complexity index is 479. The van der Waals surface area contributed by atoms with Gasteiger partial charge in [-0.25, -0.2) is 4.39 Å².